The Bertz CT molecular complexity index is 631. The van der Waals surface area contributed by atoms with Gasteiger partial charge in [-0.2, -0.15) is 0 Å². The fraction of sp³-hybridized carbons (Fsp3) is 0. The molecule has 0 aliphatic heterocycles. The Morgan fingerprint density at radius 1 is 1.44 bits per heavy atom. The minimum Gasteiger partial charge on any atom is -0.383 e. The van der Waals surface area contributed by atoms with Crippen LogP contribution in [0.4, 0.5) is 11.8 Å². The standard InChI is InChI=1S/C8H8BrN7OS/c9-3-2-12-7(16-11)15-6(3)18-8-13-4(10)1-5(17)14-8/h1-2H,11H2,(H,12,15,16)(H3,10,13,14,17). The molecule has 0 aliphatic rings. The Morgan fingerprint density at radius 3 is 2.89 bits per heavy atom. The highest BCUT2D eigenvalue weighted by molar-refractivity contribution is 9.10. The Labute approximate surface area is 114 Å². The molecule has 0 atom stereocenters. The molecule has 0 bridgehead atoms. The van der Waals surface area contributed by atoms with Gasteiger partial charge in [-0.1, -0.05) is 0 Å². The van der Waals surface area contributed by atoms with Gasteiger partial charge in [0.25, 0.3) is 5.56 Å². The van der Waals surface area contributed by atoms with E-state index in [0.29, 0.717) is 14.7 Å². The van der Waals surface area contributed by atoms with Crippen molar-refractivity contribution >= 4 is 39.5 Å². The van der Waals surface area contributed by atoms with Crippen LogP contribution in [0.25, 0.3) is 0 Å². The number of hydrazine groups is 1. The zero-order valence-electron chi connectivity index (χ0n) is 8.85. The molecule has 10 heteroatoms. The van der Waals surface area contributed by atoms with Crippen LogP contribution >= 0.6 is 27.7 Å². The lowest BCUT2D eigenvalue weighted by molar-refractivity contribution is 0.933. The van der Waals surface area contributed by atoms with E-state index >= 15 is 0 Å². The number of hydrogen-bond donors (Lipinski definition) is 4. The molecule has 2 rings (SSSR count). The van der Waals surface area contributed by atoms with Crippen LogP contribution in [0.5, 0.6) is 0 Å². The van der Waals surface area contributed by atoms with Crippen molar-refractivity contribution in [2.24, 2.45) is 5.84 Å². The van der Waals surface area contributed by atoms with E-state index in [1.165, 1.54) is 12.3 Å². The molecule has 8 nitrogen and oxygen atoms in total. The van der Waals surface area contributed by atoms with Crippen LogP contribution in [0, 0.1) is 0 Å². The molecule has 0 spiro atoms. The highest BCUT2D eigenvalue weighted by Crippen LogP contribution is 2.29. The molecule has 2 heterocycles. The van der Waals surface area contributed by atoms with Crippen LogP contribution in [0.1, 0.15) is 0 Å². The maximum Gasteiger partial charge on any atom is 0.253 e. The third kappa shape index (κ3) is 2.97. The van der Waals surface area contributed by atoms with E-state index in [1.54, 1.807) is 0 Å². The van der Waals surface area contributed by atoms with E-state index in [4.69, 9.17) is 11.6 Å². The van der Waals surface area contributed by atoms with E-state index in [0.717, 1.165) is 11.8 Å². The topological polar surface area (TPSA) is 136 Å². The van der Waals surface area contributed by atoms with Crippen molar-refractivity contribution in [3.63, 3.8) is 0 Å². The highest BCUT2D eigenvalue weighted by atomic mass is 79.9. The summed E-state index contributed by atoms with van der Waals surface area (Å²) in [7, 11) is 0. The first kappa shape index (κ1) is 12.8. The first-order valence-electron chi connectivity index (χ1n) is 4.62. The highest BCUT2D eigenvalue weighted by Gasteiger charge is 2.09. The Balaban J connectivity index is 2.36. The predicted octanol–water partition coefficient (Wildman–Crippen LogP) is 0.341. The lowest BCUT2D eigenvalue weighted by Crippen LogP contribution is -2.11. The summed E-state index contributed by atoms with van der Waals surface area (Å²) in [6.45, 7) is 0. The summed E-state index contributed by atoms with van der Waals surface area (Å²) in [6, 6.07) is 1.20. The van der Waals surface area contributed by atoms with Crippen LogP contribution < -0.4 is 22.6 Å². The summed E-state index contributed by atoms with van der Waals surface area (Å²) in [4.78, 5) is 25.8. The van der Waals surface area contributed by atoms with Crippen molar-refractivity contribution in [3.8, 4) is 0 Å². The molecule has 0 unspecified atom stereocenters. The molecule has 0 aromatic carbocycles. The average molecular weight is 330 g/mol. The van der Waals surface area contributed by atoms with Gasteiger partial charge in [0.1, 0.15) is 10.8 Å². The number of anilines is 2. The Hall–Kier alpha value is -1.65. The molecule has 2 aromatic heterocycles. The Morgan fingerprint density at radius 2 is 2.22 bits per heavy atom. The maximum atomic E-state index is 11.2. The van der Waals surface area contributed by atoms with Crippen LogP contribution in [0.3, 0.4) is 0 Å². The van der Waals surface area contributed by atoms with Gasteiger partial charge < -0.3 is 10.7 Å². The second-order valence-corrected chi connectivity index (χ2v) is 4.90. The third-order valence-electron chi connectivity index (χ3n) is 1.77. The average Bonchev–Trinajstić information content (AvgIpc) is 2.30. The zero-order valence-corrected chi connectivity index (χ0v) is 11.2. The molecule has 0 radical (unpaired) electrons. The molecular weight excluding hydrogens is 322 g/mol. The van der Waals surface area contributed by atoms with E-state index in [-0.39, 0.29) is 17.3 Å². The monoisotopic (exact) mass is 329 g/mol. The molecule has 0 fully saturated rings. The van der Waals surface area contributed by atoms with Crippen molar-refractivity contribution < 1.29 is 0 Å². The van der Waals surface area contributed by atoms with E-state index in [1.807, 2.05) is 0 Å². The largest absolute Gasteiger partial charge is 0.383 e. The van der Waals surface area contributed by atoms with Crippen molar-refractivity contribution in [2.75, 3.05) is 11.2 Å². The predicted molar refractivity (Wildman–Crippen MR) is 70.9 cm³/mol. The van der Waals surface area contributed by atoms with Crippen molar-refractivity contribution in [2.45, 2.75) is 10.2 Å². The minimum absolute atomic E-state index is 0.142. The van der Waals surface area contributed by atoms with Gasteiger partial charge in [-0.15, -0.1) is 0 Å². The molecule has 18 heavy (non-hydrogen) atoms. The van der Waals surface area contributed by atoms with Gasteiger partial charge in [0, 0.05) is 12.3 Å². The van der Waals surface area contributed by atoms with Crippen LogP contribution in [0.2, 0.25) is 0 Å². The van der Waals surface area contributed by atoms with Gasteiger partial charge in [0.15, 0.2) is 5.16 Å². The molecule has 0 amide bonds. The van der Waals surface area contributed by atoms with Gasteiger partial charge in [-0.05, 0) is 27.7 Å². The molecule has 0 saturated heterocycles. The molecule has 2 aromatic rings. The minimum atomic E-state index is -0.327. The summed E-state index contributed by atoms with van der Waals surface area (Å²) in [6.07, 6.45) is 1.54. The van der Waals surface area contributed by atoms with Crippen LogP contribution in [-0.2, 0) is 0 Å². The van der Waals surface area contributed by atoms with Crippen molar-refractivity contribution in [3.05, 3.63) is 27.1 Å². The lowest BCUT2D eigenvalue weighted by Gasteiger charge is -2.04. The fourth-order valence-corrected chi connectivity index (χ4v) is 2.29. The number of hydrogen-bond acceptors (Lipinski definition) is 8. The number of nitrogens with zero attached hydrogens (tertiary/aromatic N) is 3. The SMILES string of the molecule is NNc1ncc(Br)c(Sc2nc(N)cc(=O)[nH]2)n1. The first-order chi connectivity index (χ1) is 8.58. The molecular formula is C8H8BrN7OS. The van der Waals surface area contributed by atoms with Gasteiger partial charge in [-0.3, -0.25) is 10.2 Å². The smallest absolute Gasteiger partial charge is 0.253 e. The van der Waals surface area contributed by atoms with Crippen LogP contribution in [0.15, 0.2) is 31.7 Å². The number of nitrogens with one attached hydrogen (secondary N) is 2. The molecule has 94 valence electrons. The molecule has 6 N–H and O–H groups in total. The van der Waals surface area contributed by atoms with Gasteiger partial charge in [0.2, 0.25) is 5.95 Å². The Kier molecular flexibility index (Phi) is 3.79. The molecule has 0 aliphatic carbocycles. The van der Waals surface area contributed by atoms with Crippen molar-refractivity contribution in [1.82, 2.24) is 19.9 Å². The lowest BCUT2D eigenvalue weighted by atomic mass is 10.6. The van der Waals surface area contributed by atoms with Gasteiger partial charge >= 0.3 is 0 Å². The van der Waals surface area contributed by atoms with E-state index in [9.17, 15) is 4.79 Å². The number of halogens is 1. The number of H-pyrrole nitrogens is 1. The van der Waals surface area contributed by atoms with Crippen molar-refractivity contribution in [1.29, 1.82) is 0 Å². The zero-order chi connectivity index (χ0) is 13.1. The van der Waals surface area contributed by atoms with Gasteiger partial charge in [-0.25, -0.2) is 20.8 Å². The summed E-state index contributed by atoms with van der Waals surface area (Å²) < 4.78 is 0.650. The normalized spacial score (nSPS) is 10.3. The summed E-state index contributed by atoms with van der Waals surface area (Å²) in [5.41, 5.74) is 7.49. The summed E-state index contributed by atoms with van der Waals surface area (Å²) in [5, 5.41) is 0.883. The number of nitrogens with two attached hydrogens (primary N) is 2. The quantitative estimate of drug-likeness (QED) is 0.274. The van der Waals surface area contributed by atoms with E-state index < -0.39 is 0 Å². The second-order valence-electron chi connectivity index (χ2n) is 3.07. The summed E-state index contributed by atoms with van der Waals surface area (Å²) >= 11 is 4.42. The third-order valence-corrected chi connectivity index (χ3v) is 3.51. The first-order valence-corrected chi connectivity index (χ1v) is 6.23. The van der Waals surface area contributed by atoms with E-state index in [2.05, 4.69) is 41.3 Å². The number of rotatable bonds is 3. The number of aromatic amines is 1. The number of nitrogen functional groups attached to an aromatic ring is 2. The fourth-order valence-electron chi connectivity index (χ4n) is 1.09. The number of aromatic nitrogens is 4. The molecule has 0 saturated carbocycles. The second kappa shape index (κ2) is 5.33. The van der Waals surface area contributed by atoms with Gasteiger partial charge in [0.05, 0.1) is 4.47 Å². The van der Waals surface area contributed by atoms with Crippen LogP contribution in [-0.4, -0.2) is 19.9 Å². The maximum absolute atomic E-state index is 11.2. The summed E-state index contributed by atoms with van der Waals surface area (Å²) in [5.74, 6) is 5.62.